The number of amides is 1. The second kappa shape index (κ2) is 8.37. The fraction of sp³-hybridized carbons (Fsp3) is 0.474. The van der Waals surface area contributed by atoms with Crippen molar-refractivity contribution in [1.29, 1.82) is 0 Å². The second-order valence-electron chi connectivity index (χ2n) is 7.03. The zero-order chi connectivity index (χ0) is 18.7. The molecule has 0 unspecified atom stereocenters. The van der Waals surface area contributed by atoms with Crippen molar-refractivity contribution < 1.29 is 9.90 Å². The molecule has 3 rings (SSSR count). The van der Waals surface area contributed by atoms with Crippen LogP contribution in [-0.4, -0.2) is 34.0 Å². The summed E-state index contributed by atoms with van der Waals surface area (Å²) in [6.07, 6.45) is 1.60. The van der Waals surface area contributed by atoms with Crippen LogP contribution in [0.3, 0.4) is 0 Å². The van der Waals surface area contributed by atoms with Crippen LogP contribution in [-0.2, 0) is 11.3 Å². The van der Waals surface area contributed by atoms with E-state index in [1.807, 2.05) is 0 Å². The van der Waals surface area contributed by atoms with Crippen molar-refractivity contribution >= 4 is 34.5 Å². The summed E-state index contributed by atoms with van der Waals surface area (Å²) < 4.78 is 0. The van der Waals surface area contributed by atoms with Gasteiger partial charge in [0.05, 0.1) is 16.4 Å². The van der Waals surface area contributed by atoms with E-state index in [1.54, 1.807) is 23.5 Å². The lowest BCUT2D eigenvalue weighted by Crippen LogP contribution is -2.37. The fourth-order valence-corrected chi connectivity index (χ4v) is 4.08. The third-order valence-electron chi connectivity index (χ3n) is 4.62. The number of aromatic hydroxyl groups is 1. The van der Waals surface area contributed by atoms with Crippen LogP contribution in [0.1, 0.15) is 43.3 Å². The van der Waals surface area contributed by atoms with Gasteiger partial charge in [0.2, 0.25) is 5.91 Å². The predicted octanol–water partition coefficient (Wildman–Crippen LogP) is 4.48. The number of piperidine rings is 1. The van der Waals surface area contributed by atoms with Gasteiger partial charge in [0.15, 0.2) is 0 Å². The lowest BCUT2D eigenvalue weighted by Gasteiger charge is -2.30. The molecule has 1 aromatic carbocycles. The Kier molecular flexibility index (Phi) is 6.16. The van der Waals surface area contributed by atoms with Crippen LogP contribution in [0, 0.1) is 5.92 Å². The topological polar surface area (TPSA) is 65.5 Å². The first-order valence-corrected chi connectivity index (χ1v) is 10.1. The number of aromatic nitrogens is 1. The molecule has 1 fully saturated rings. The molecule has 2 N–H and O–H groups in total. The summed E-state index contributed by atoms with van der Waals surface area (Å²) in [6, 6.07) is 4.65. The Morgan fingerprint density at radius 3 is 2.81 bits per heavy atom. The highest BCUT2D eigenvalue weighted by Crippen LogP contribution is 2.28. The van der Waals surface area contributed by atoms with Gasteiger partial charge in [0.25, 0.3) is 0 Å². The molecule has 2 aromatic rings. The Morgan fingerprint density at radius 2 is 2.15 bits per heavy atom. The number of thiazole rings is 1. The maximum absolute atomic E-state index is 12.5. The Hall–Kier alpha value is -1.63. The van der Waals surface area contributed by atoms with E-state index < -0.39 is 0 Å². The summed E-state index contributed by atoms with van der Waals surface area (Å²) in [5.74, 6) is 0.389. The fourth-order valence-electron chi connectivity index (χ4n) is 3.09. The van der Waals surface area contributed by atoms with Gasteiger partial charge < -0.3 is 10.4 Å². The molecule has 1 amide bonds. The predicted molar refractivity (Wildman–Crippen MR) is 106 cm³/mol. The molecule has 1 aliphatic heterocycles. The standard InChI is InChI=1S/C19H24ClN3O2S/c1-12(2)19-21-15(11-26-19)10-23-7-5-13(6-8-23)18(25)22-16-9-14(20)3-4-17(16)24/h3-4,9,11-13,24H,5-8,10H2,1-2H3,(H,22,25). The minimum atomic E-state index is -0.0574. The quantitative estimate of drug-likeness (QED) is 0.735. The molecular formula is C19H24ClN3O2S. The van der Waals surface area contributed by atoms with E-state index in [0.29, 0.717) is 16.6 Å². The van der Waals surface area contributed by atoms with E-state index in [-0.39, 0.29) is 17.6 Å². The molecule has 140 valence electrons. The van der Waals surface area contributed by atoms with E-state index in [4.69, 9.17) is 11.6 Å². The van der Waals surface area contributed by atoms with E-state index >= 15 is 0 Å². The second-order valence-corrected chi connectivity index (χ2v) is 8.36. The number of phenolic OH excluding ortho intramolecular Hbond substituents is 1. The molecule has 7 heteroatoms. The number of rotatable bonds is 5. The number of nitrogens with zero attached hydrogens (tertiary/aromatic N) is 2. The lowest BCUT2D eigenvalue weighted by molar-refractivity contribution is -0.121. The number of carbonyl (C=O) groups is 1. The highest BCUT2D eigenvalue weighted by Gasteiger charge is 2.26. The summed E-state index contributed by atoms with van der Waals surface area (Å²) >= 11 is 7.65. The minimum absolute atomic E-state index is 0.0321. The van der Waals surface area contributed by atoms with Crippen LogP contribution in [0.4, 0.5) is 5.69 Å². The normalized spacial score (nSPS) is 16.2. The summed E-state index contributed by atoms with van der Waals surface area (Å²) in [7, 11) is 0. The number of nitrogens with one attached hydrogen (secondary N) is 1. The van der Waals surface area contributed by atoms with Crippen LogP contribution in [0.25, 0.3) is 0 Å². The number of halogens is 1. The summed E-state index contributed by atoms with van der Waals surface area (Å²) in [5, 5.41) is 16.4. The average molecular weight is 394 g/mol. The largest absolute Gasteiger partial charge is 0.506 e. The van der Waals surface area contributed by atoms with Gasteiger partial charge in [-0.15, -0.1) is 11.3 Å². The number of anilines is 1. The van der Waals surface area contributed by atoms with Crippen molar-refractivity contribution in [1.82, 2.24) is 9.88 Å². The van der Waals surface area contributed by atoms with Gasteiger partial charge >= 0.3 is 0 Å². The minimum Gasteiger partial charge on any atom is -0.506 e. The smallest absolute Gasteiger partial charge is 0.227 e. The monoisotopic (exact) mass is 393 g/mol. The number of carbonyl (C=O) groups excluding carboxylic acids is 1. The van der Waals surface area contributed by atoms with E-state index in [1.165, 1.54) is 11.1 Å². The van der Waals surface area contributed by atoms with E-state index in [0.717, 1.165) is 38.2 Å². The Balaban J connectivity index is 1.51. The summed E-state index contributed by atoms with van der Waals surface area (Å²) in [4.78, 5) is 19.5. The van der Waals surface area contributed by atoms with Gasteiger partial charge in [-0.2, -0.15) is 0 Å². The van der Waals surface area contributed by atoms with Crippen LogP contribution in [0.15, 0.2) is 23.6 Å². The van der Waals surface area contributed by atoms with E-state index in [2.05, 4.69) is 34.4 Å². The molecule has 2 heterocycles. The zero-order valence-electron chi connectivity index (χ0n) is 15.0. The molecule has 0 spiro atoms. The van der Waals surface area contributed by atoms with Crippen LogP contribution >= 0.6 is 22.9 Å². The van der Waals surface area contributed by atoms with Crippen molar-refractivity contribution in [2.24, 2.45) is 5.92 Å². The molecule has 0 saturated carbocycles. The first-order chi connectivity index (χ1) is 12.4. The first-order valence-electron chi connectivity index (χ1n) is 8.88. The van der Waals surface area contributed by atoms with Crippen molar-refractivity contribution in [2.75, 3.05) is 18.4 Å². The molecule has 26 heavy (non-hydrogen) atoms. The van der Waals surface area contributed by atoms with Crippen LogP contribution < -0.4 is 5.32 Å². The summed E-state index contributed by atoms with van der Waals surface area (Å²) in [5.41, 5.74) is 1.49. The Morgan fingerprint density at radius 1 is 1.42 bits per heavy atom. The number of likely N-dealkylation sites (tertiary alicyclic amines) is 1. The van der Waals surface area contributed by atoms with Gasteiger partial charge in [-0.25, -0.2) is 4.98 Å². The van der Waals surface area contributed by atoms with Gasteiger partial charge in [-0.05, 0) is 44.1 Å². The van der Waals surface area contributed by atoms with Gasteiger partial charge in [0.1, 0.15) is 5.75 Å². The van der Waals surface area contributed by atoms with Crippen LogP contribution in [0.2, 0.25) is 5.02 Å². The molecule has 0 aliphatic carbocycles. The molecule has 1 aromatic heterocycles. The van der Waals surface area contributed by atoms with E-state index in [9.17, 15) is 9.90 Å². The van der Waals surface area contributed by atoms with Gasteiger partial charge in [0, 0.05) is 28.8 Å². The molecule has 0 bridgehead atoms. The SMILES string of the molecule is CC(C)c1nc(CN2CCC(C(=O)Nc3cc(Cl)ccc3O)CC2)cs1. The highest BCUT2D eigenvalue weighted by molar-refractivity contribution is 7.09. The molecular weight excluding hydrogens is 370 g/mol. The lowest BCUT2D eigenvalue weighted by atomic mass is 9.95. The summed E-state index contributed by atoms with van der Waals surface area (Å²) in [6.45, 7) is 6.89. The maximum Gasteiger partial charge on any atom is 0.227 e. The number of phenols is 1. The Bertz CT molecular complexity index is 770. The van der Waals surface area contributed by atoms with Crippen molar-refractivity contribution in [3.63, 3.8) is 0 Å². The molecule has 1 aliphatic rings. The molecule has 0 atom stereocenters. The molecule has 5 nitrogen and oxygen atoms in total. The first kappa shape index (κ1) is 19.1. The number of hydrogen-bond acceptors (Lipinski definition) is 5. The molecule has 0 radical (unpaired) electrons. The van der Waals surface area contributed by atoms with Crippen molar-refractivity contribution in [3.05, 3.63) is 39.3 Å². The van der Waals surface area contributed by atoms with Gasteiger partial charge in [-0.1, -0.05) is 25.4 Å². The van der Waals surface area contributed by atoms with Gasteiger partial charge in [-0.3, -0.25) is 9.69 Å². The molecule has 1 saturated heterocycles. The van der Waals surface area contributed by atoms with Crippen LogP contribution in [0.5, 0.6) is 5.75 Å². The third kappa shape index (κ3) is 4.75. The maximum atomic E-state index is 12.5. The third-order valence-corrected chi connectivity index (χ3v) is 6.05. The average Bonchev–Trinajstić information content (AvgIpc) is 3.07. The Labute approximate surface area is 163 Å². The zero-order valence-corrected chi connectivity index (χ0v) is 16.6. The number of benzene rings is 1. The van der Waals surface area contributed by atoms with Crippen molar-refractivity contribution in [2.45, 2.75) is 39.2 Å². The highest BCUT2D eigenvalue weighted by atomic mass is 35.5. The van der Waals surface area contributed by atoms with Crippen molar-refractivity contribution in [3.8, 4) is 5.75 Å². The number of hydrogen-bond donors (Lipinski definition) is 2.